The van der Waals surface area contributed by atoms with Gasteiger partial charge in [0, 0.05) is 6.54 Å². The van der Waals surface area contributed by atoms with Crippen molar-refractivity contribution < 1.29 is 43.3 Å². The first-order valence-electron chi connectivity index (χ1n) is 19.1. The van der Waals surface area contributed by atoms with Gasteiger partial charge in [-0.1, -0.05) is 244 Å². The fourth-order valence-electron chi connectivity index (χ4n) is 7.28. The first-order chi connectivity index (χ1) is 26.2. The van der Waals surface area contributed by atoms with Gasteiger partial charge in [-0.15, -0.1) is 0 Å². The maximum atomic E-state index is 13.3. The van der Waals surface area contributed by atoms with Gasteiger partial charge in [-0.2, -0.15) is 0 Å². The average molecular weight is 1010 g/mol. The number of ether oxygens (including phenoxy) is 2. The molecule has 2 saturated heterocycles. The van der Waals surface area contributed by atoms with Crippen LogP contribution >= 0.6 is 0 Å². The summed E-state index contributed by atoms with van der Waals surface area (Å²) < 4.78 is 9.47. The number of cyclic esters (lactones) is 4. The third-order valence-electron chi connectivity index (χ3n) is 10.5. The first-order valence-corrected chi connectivity index (χ1v) is 19.1. The molecular weight excluding hydrogens is 893 g/mol. The Morgan fingerprint density at radius 2 is 0.845 bits per heavy atom. The Morgan fingerprint density at radius 1 is 0.535 bits per heavy atom. The van der Waals surface area contributed by atoms with Crippen molar-refractivity contribution in [2.24, 2.45) is 41.2 Å². The number of carbonyl (C=O) groups excluding carboxylic acids is 5. The lowest BCUT2D eigenvalue weighted by Gasteiger charge is -2.33. The molecule has 0 radical (unpaired) electrons. The predicted octanol–water partition coefficient (Wildman–Crippen LogP) is 16.8. The molecule has 9 atom stereocenters. The summed E-state index contributed by atoms with van der Waals surface area (Å²) in [7, 11) is 0. The van der Waals surface area contributed by atoms with E-state index in [4.69, 9.17) is 10.5 Å². The minimum atomic E-state index is -1.11. The van der Waals surface area contributed by atoms with Crippen molar-refractivity contribution in [3.05, 3.63) is 108 Å². The molecule has 4 N–H and O–H groups in total. The summed E-state index contributed by atoms with van der Waals surface area (Å²) in [6.07, 6.45) is 1.08. The van der Waals surface area contributed by atoms with Crippen molar-refractivity contribution in [2.75, 3.05) is 13.1 Å². The van der Waals surface area contributed by atoms with Gasteiger partial charge < -0.3 is 25.6 Å². The highest BCUT2D eigenvalue weighted by Crippen LogP contribution is 2.43. The molecule has 2 aliphatic heterocycles. The van der Waals surface area contributed by atoms with Gasteiger partial charge in [-0.25, -0.2) is 0 Å². The topological polar surface area (TPSA) is 179 Å². The third kappa shape index (κ3) is 29.1. The maximum Gasteiger partial charge on any atom is 0.317 e. The summed E-state index contributed by atoms with van der Waals surface area (Å²) >= 11 is 0. The Kier molecular flexibility index (Phi) is 74.3. The van der Waals surface area contributed by atoms with Crippen LogP contribution in [-0.2, 0) is 38.2 Å². The van der Waals surface area contributed by atoms with Gasteiger partial charge in [-0.3, -0.25) is 28.8 Å². The van der Waals surface area contributed by atoms with Gasteiger partial charge in [0.15, 0.2) is 0 Å². The van der Waals surface area contributed by atoms with Crippen LogP contribution in [0.1, 0.15) is 214 Å². The highest BCUT2D eigenvalue weighted by atomic mass is 16.6. The second kappa shape index (κ2) is 51.2. The van der Waals surface area contributed by atoms with E-state index in [2.05, 4.69) is 17.0 Å². The molecule has 0 bridgehead atoms. The Morgan fingerprint density at radius 3 is 1.14 bits per heavy atom. The number of esters is 4. The van der Waals surface area contributed by atoms with Crippen molar-refractivity contribution >= 4 is 35.8 Å². The number of rotatable bonds is 14. The molecule has 3 aromatic carbocycles. The lowest BCUT2D eigenvalue weighted by Crippen LogP contribution is -2.42. The van der Waals surface area contributed by atoms with Gasteiger partial charge in [-0.05, 0) is 67.2 Å². The van der Waals surface area contributed by atoms with Gasteiger partial charge in [0.2, 0.25) is 5.91 Å². The predicted molar refractivity (Wildman–Crippen MR) is 316 cm³/mol. The summed E-state index contributed by atoms with van der Waals surface area (Å²) in [5.41, 5.74) is 7.76. The largest absolute Gasteiger partial charge is 0.481 e. The van der Waals surface area contributed by atoms with Crippen molar-refractivity contribution in [3.8, 4) is 0 Å². The zero-order valence-electron chi connectivity index (χ0n) is 32.7. The number of nitrogens with two attached hydrogens (primary N) is 1. The second-order valence-electron chi connectivity index (χ2n) is 14.4. The minimum Gasteiger partial charge on any atom is -0.481 e. The second-order valence-corrected chi connectivity index (χ2v) is 14.4. The van der Waals surface area contributed by atoms with E-state index in [0.29, 0.717) is 24.9 Å². The lowest BCUT2D eigenvalue weighted by atomic mass is 9.69. The van der Waals surface area contributed by atoms with E-state index >= 15 is 0 Å². The van der Waals surface area contributed by atoms with Crippen LogP contribution < -0.4 is 11.1 Å². The maximum absolute atomic E-state index is 13.3. The van der Waals surface area contributed by atoms with E-state index in [1.165, 1.54) is 5.56 Å². The van der Waals surface area contributed by atoms with Gasteiger partial charge in [0.25, 0.3) is 0 Å². The summed E-state index contributed by atoms with van der Waals surface area (Å²) in [5, 5.41) is 13.3. The number of hydrogen-bond donors (Lipinski definition) is 3. The molecular formula is C60H120N2O9. The van der Waals surface area contributed by atoms with E-state index < -0.39 is 47.5 Å². The van der Waals surface area contributed by atoms with E-state index in [1.54, 1.807) is 32.9 Å². The zero-order chi connectivity index (χ0) is 40.7. The molecule has 2 heterocycles. The average Bonchev–Trinajstić information content (AvgIpc) is 3.56. The molecule has 2 aliphatic rings. The molecule has 11 nitrogen and oxygen atoms in total. The van der Waals surface area contributed by atoms with Crippen LogP contribution in [0.25, 0.3) is 0 Å². The van der Waals surface area contributed by atoms with Crippen LogP contribution in [0.15, 0.2) is 91.0 Å². The minimum absolute atomic E-state index is 0. The Hall–Kier alpha value is -5.16. The highest BCUT2D eigenvalue weighted by Gasteiger charge is 2.47. The molecule has 0 aliphatic carbocycles. The van der Waals surface area contributed by atoms with Gasteiger partial charge in [0.1, 0.15) is 0 Å². The molecule has 71 heavy (non-hydrogen) atoms. The number of carbonyl (C=O) groups is 6. The van der Waals surface area contributed by atoms with Crippen molar-refractivity contribution in [2.45, 2.75) is 197 Å². The monoisotopic (exact) mass is 1010 g/mol. The van der Waals surface area contributed by atoms with E-state index in [0.717, 1.165) is 12.1 Å². The Bertz CT molecular complexity index is 1720. The smallest absolute Gasteiger partial charge is 0.317 e. The standard InChI is InChI=1S/C28H33NO6.C14H16O3.C2H7N.16CH4/c1-4-29-25(30)23(15-17(2)19-11-7-5-8-12-19)24(26(31)32)22(20-13-9-6-10-14-20)16-21-18(3)27(33)35-28(21)34;1-9(11-6-4-3-5-7-11)8-12-10(2)13(15)17-14(12)16;1-2-3;;;;;;;;;;;;;;;;/h5-14,17-18,21-24H,4,15-16H2,1-3H3,(H,29,30)(H,31,32);3-7,9-10,12H,8H2,1-2H3;2-3H2,1H3;16*1H4. The number of carboxylic acids is 1. The van der Waals surface area contributed by atoms with Crippen LogP contribution in [-0.4, -0.2) is 53.9 Å². The molecule has 5 rings (SSSR count). The summed E-state index contributed by atoms with van der Waals surface area (Å²) in [6, 6.07) is 28.7. The fourth-order valence-corrected chi connectivity index (χ4v) is 7.28. The molecule has 9 unspecified atom stereocenters. The number of aliphatic carboxylic acids is 1. The Balaban J connectivity index is -0.0000000660. The van der Waals surface area contributed by atoms with Crippen LogP contribution in [0.5, 0.6) is 0 Å². The number of nitrogens with one attached hydrogen (secondary N) is 1. The summed E-state index contributed by atoms with van der Waals surface area (Å²) in [5.74, 6) is -7.93. The summed E-state index contributed by atoms with van der Waals surface area (Å²) in [4.78, 5) is 73.4. The molecule has 1 amide bonds. The molecule has 0 aromatic heterocycles. The fraction of sp³-hybridized carbons (Fsp3) is 0.600. The van der Waals surface area contributed by atoms with E-state index in [1.807, 2.05) is 92.7 Å². The normalized spacial score (nSPS) is 16.8. The lowest BCUT2D eigenvalue weighted by molar-refractivity contribution is -0.155. The summed E-state index contributed by atoms with van der Waals surface area (Å²) in [6.45, 7) is 12.2. The van der Waals surface area contributed by atoms with Gasteiger partial charge in [0.05, 0.1) is 35.5 Å². The molecule has 3 aromatic rings. The molecule has 0 saturated carbocycles. The third-order valence-corrected chi connectivity index (χ3v) is 10.5. The van der Waals surface area contributed by atoms with Gasteiger partial charge >= 0.3 is 29.8 Å². The highest BCUT2D eigenvalue weighted by molar-refractivity contribution is 5.97. The van der Waals surface area contributed by atoms with Crippen molar-refractivity contribution in [1.82, 2.24) is 5.32 Å². The number of amides is 1. The van der Waals surface area contributed by atoms with Crippen LogP contribution in [0.3, 0.4) is 0 Å². The van der Waals surface area contributed by atoms with Crippen LogP contribution in [0.2, 0.25) is 0 Å². The molecule has 2 fully saturated rings. The van der Waals surface area contributed by atoms with Crippen molar-refractivity contribution in [1.29, 1.82) is 0 Å². The van der Waals surface area contributed by atoms with E-state index in [9.17, 15) is 33.9 Å². The molecule has 11 heteroatoms. The SMILES string of the molecule is C.C.C.C.C.C.C.C.C.C.C.C.C.C.C.C.CC(CC1C(=O)OC(=O)C1C)c1ccccc1.CCN.CCNC(=O)C(CC(C)c1ccccc1)C(C(=O)O)C(CC1C(=O)OC(=O)C1C)c1ccccc1. The molecule has 424 valence electrons. The zero-order valence-corrected chi connectivity index (χ0v) is 32.7. The number of benzene rings is 3. The number of hydrogen-bond acceptors (Lipinski definition) is 9. The van der Waals surface area contributed by atoms with E-state index in [-0.39, 0.29) is 167 Å². The quantitative estimate of drug-likeness (QED) is 0.104. The van der Waals surface area contributed by atoms with Crippen LogP contribution in [0, 0.1) is 35.5 Å². The number of carboxylic acid groups (broad SMARTS) is 1. The van der Waals surface area contributed by atoms with Crippen molar-refractivity contribution in [3.63, 3.8) is 0 Å². The first kappa shape index (κ1) is 103. The Labute approximate surface area is 442 Å². The van der Waals surface area contributed by atoms with Crippen LogP contribution in [0.4, 0.5) is 0 Å². The molecule has 0 spiro atoms.